The largest absolute Gasteiger partial charge is 0.380 e. The predicted octanol–water partition coefficient (Wildman–Crippen LogP) is 3.48. The molecule has 3 heterocycles. The van der Waals surface area contributed by atoms with Gasteiger partial charge in [-0.1, -0.05) is 24.3 Å². The minimum absolute atomic E-state index is 0. The van der Waals surface area contributed by atoms with Gasteiger partial charge in [0.1, 0.15) is 0 Å². The minimum atomic E-state index is 0. The van der Waals surface area contributed by atoms with E-state index in [1.165, 1.54) is 25.7 Å². The third-order valence-corrected chi connectivity index (χ3v) is 4.72. The van der Waals surface area contributed by atoms with Crippen molar-refractivity contribution in [3.63, 3.8) is 0 Å². The Morgan fingerprint density at radius 2 is 1.67 bits per heavy atom. The van der Waals surface area contributed by atoms with Crippen LogP contribution >= 0.6 is 12.4 Å². The lowest BCUT2D eigenvalue weighted by Crippen LogP contribution is -2.39. The Morgan fingerprint density at radius 3 is 2.22 bits per heavy atom. The Bertz CT molecular complexity index is 399. The molecule has 3 atom stereocenters. The average molecular weight is 266 g/mol. The van der Waals surface area contributed by atoms with E-state index in [1.54, 1.807) is 11.1 Å². The van der Waals surface area contributed by atoms with Crippen LogP contribution in [0.5, 0.6) is 0 Å². The predicted molar refractivity (Wildman–Crippen MR) is 74.1 cm³/mol. The van der Waals surface area contributed by atoms with Gasteiger partial charge in [0.2, 0.25) is 0 Å². The maximum Gasteiger partial charge on any atom is 0.0623 e. The quantitative estimate of drug-likeness (QED) is 0.771. The Balaban J connectivity index is 0.000001000. The highest BCUT2D eigenvalue weighted by molar-refractivity contribution is 5.85. The third kappa shape index (κ3) is 1.70. The average Bonchev–Trinajstić information content (AvgIpc) is 2.95. The maximum absolute atomic E-state index is 5.59. The van der Waals surface area contributed by atoms with E-state index in [1.807, 2.05) is 0 Å². The SMILES string of the molecule is Cl.c1ccc2c(c1)C1CCCC2N1C1CCOC1. The summed E-state index contributed by atoms with van der Waals surface area (Å²) in [5, 5.41) is 0. The Labute approximate surface area is 115 Å². The molecule has 0 spiro atoms. The number of piperidine rings is 1. The maximum atomic E-state index is 5.59. The first-order chi connectivity index (χ1) is 8.45. The van der Waals surface area contributed by atoms with Gasteiger partial charge in [0.25, 0.3) is 0 Å². The van der Waals surface area contributed by atoms with E-state index in [9.17, 15) is 0 Å². The first-order valence-electron chi connectivity index (χ1n) is 6.89. The smallest absolute Gasteiger partial charge is 0.0623 e. The molecule has 4 rings (SSSR count). The first-order valence-corrected chi connectivity index (χ1v) is 6.89. The van der Waals surface area contributed by atoms with Crippen LogP contribution in [0.1, 0.15) is 48.9 Å². The number of rotatable bonds is 1. The Hall–Kier alpha value is -0.570. The van der Waals surface area contributed by atoms with E-state index in [2.05, 4.69) is 29.2 Å². The molecule has 1 aromatic carbocycles. The van der Waals surface area contributed by atoms with Gasteiger partial charge in [0.15, 0.2) is 0 Å². The van der Waals surface area contributed by atoms with Crippen LogP contribution in [0.25, 0.3) is 0 Å². The highest BCUT2D eigenvalue weighted by atomic mass is 35.5. The van der Waals surface area contributed by atoms with Crippen molar-refractivity contribution in [2.75, 3.05) is 13.2 Å². The van der Waals surface area contributed by atoms with Crippen molar-refractivity contribution >= 4 is 12.4 Å². The van der Waals surface area contributed by atoms with Crippen LogP contribution in [-0.2, 0) is 4.74 Å². The summed E-state index contributed by atoms with van der Waals surface area (Å²) in [7, 11) is 0. The second-order valence-electron chi connectivity index (χ2n) is 5.56. The molecule has 2 saturated heterocycles. The van der Waals surface area contributed by atoms with Crippen molar-refractivity contribution in [3.05, 3.63) is 35.4 Å². The molecule has 2 nitrogen and oxygen atoms in total. The summed E-state index contributed by atoms with van der Waals surface area (Å²) in [6, 6.07) is 11.1. The fourth-order valence-electron chi connectivity index (χ4n) is 4.04. The van der Waals surface area contributed by atoms with Crippen LogP contribution in [0.15, 0.2) is 24.3 Å². The molecule has 0 amide bonds. The van der Waals surface area contributed by atoms with Gasteiger partial charge < -0.3 is 4.74 Å². The van der Waals surface area contributed by atoms with Crippen LogP contribution in [0.2, 0.25) is 0 Å². The van der Waals surface area contributed by atoms with Crippen LogP contribution in [0, 0.1) is 0 Å². The molecule has 0 radical (unpaired) electrons. The van der Waals surface area contributed by atoms with Crippen molar-refractivity contribution in [1.82, 2.24) is 4.90 Å². The molecular formula is C15H20ClNO. The van der Waals surface area contributed by atoms with Gasteiger partial charge in [-0.15, -0.1) is 12.4 Å². The zero-order chi connectivity index (χ0) is 11.2. The van der Waals surface area contributed by atoms with Crippen molar-refractivity contribution < 1.29 is 4.74 Å². The molecule has 1 aromatic rings. The zero-order valence-corrected chi connectivity index (χ0v) is 11.4. The van der Waals surface area contributed by atoms with Gasteiger partial charge in [-0.05, 0) is 36.8 Å². The summed E-state index contributed by atoms with van der Waals surface area (Å²) in [5.74, 6) is 0. The summed E-state index contributed by atoms with van der Waals surface area (Å²) in [4.78, 5) is 2.77. The summed E-state index contributed by atoms with van der Waals surface area (Å²) < 4.78 is 5.59. The monoisotopic (exact) mass is 265 g/mol. The van der Waals surface area contributed by atoms with Crippen LogP contribution in [-0.4, -0.2) is 24.2 Å². The fourth-order valence-corrected chi connectivity index (χ4v) is 4.04. The number of hydrogen-bond donors (Lipinski definition) is 0. The van der Waals surface area contributed by atoms with Gasteiger partial charge in [-0.25, -0.2) is 0 Å². The van der Waals surface area contributed by atoms with Gasteiger partial charge in [-0.3, -0.25) is 4.90 Å². The summed E-state index contributed by atoms with van der Waals surface area (Å²) in [6.07, 6.45) is 5.28. The van der Waals surface area contributed by atoms with Gasteiger partial charge in [0.05, 0.1) is 6.61 Å². The number of fused-ring (bicyclic) bond motifs is 5. The topological polar surface area (TPSA) is 12.5 Å². The highest BCUT2D eigenvalue weighted by Gasteiger charge is 2.44. The molecule has 2 fully saturated rings. The zero-order valence-electron chi connectivity index (χ0n) is 10.5. The molecule has 3 aliphatic heterocycles. The van der Waals surface area contributed by atoms with E-state index in [0.717, 1.165) is 13.2 Å². The van der Waals surface area contributed by atoms with Crippen LogP contribution in [0.3, 0.4) is 0 Å². The summed E-state index contributed by atoms with van der Waals surface area (Å²) >= 11 is 0. The molecule has 3 aliphatic rings. The fraction of sp³-hybridized carbons (Fsp3) is 0.600. The molecule has 0 N–H and O–H groups in total. The molecule has 18 heavy (non-hydrogen) atoms. The standard InChI is InChI=1S/C15H19NO.ClH/c1-2-5-13-12(4-1)14-6-3-7-15(13)16(14)11-8-9-17-10-11;/h1-2,4-5,11,14-15H,3,6-10H2;1H. The minimum Gasteiger partial charge on any atom is -0.380 e. The number of ether oxygens (including phenoxy) is 1. The highest BCUT2D eigenvalue weighted by Crippen LogP contribution is 2.52. The molecule has 0 saturated carbocycles. The van der Waals surface area contributed by atoms with E-state index in [0.29, 0.717) is 18.1 Å². The van der Waals surface area contributed by atoms with Crippen molar-refractivity contribution in [2.45, 2.75) is 43.8 Å². The molecule has 0 aliphatic carbocycles. The van der Waals surface area contributed by atoms with E-state index < -0.39 is 0 Å². The molecule has 3 heteroatoms. The molecule has 2 bridgehead atoms. The number of benzene rings is 1. The lowest BCUT2D eigenvalue weighted by atomic mass is 9.98. The third-order valence-electron chi connectivity index (χ3n) is 4.72. The van der Waals surface area contributed by atoms with Crippen LogP contribution < -0.4 is 0 Å². The van der Waals surface area contributed by atoms with Gasteiger partial charge >= 0.3 is 0 Å². The molecular weight excluding hydrogens is 246 g/mol. The Morgan fingerprint density at radius 1 is 1.00 bits per heavy atom. The molecule has 98 valence electrons. The van der Waals surface area contributed by atoms with E-state index >= 15 is 0 Å². The number of hydrogen-bond acceptors (Lipinski definition) is 2. The first kappa shape index (κ1) is 12.5. The summed E-state index contributed by atoms with van der Waals surface area (Å²) in [5.41, 5.74) is 3.20. The van der Waals surface area contributed by atoms with Gasteiger partial charge in [0, 0.05) is 24.7 Å². The second-order valence-corrected chi connectivity index (χ2v) is 5.56. The van der Waals surface area contributed by atoms with Crippen LogP contribution in [0.4, 0.5) is 0 Å². The lowest BCUT2D eigenvalue weighted by molar-refractivity contribution is 0.0499. The number of halogens is 1. The van der Waals surface area contributed by atoms with Gasteiger partial charge in [-0.2, -0.15) is 0 Å². The second kappa shape index (κ2) is 4.84. The van der Waals surface area contributed by atoms with E-state index in [-0.39, 0.29) is 12.4 Å². The normalized spacial score (nSPS) is 34.1. The van der Waals surface area contributed by atoms with Crippen molar-refractivity contribution in [3.8, 4) is 0 Å². The summed E-state index contributed by atoms with van der Waals surface area (Å²) in [6.45, 7) is 1.90. The van der Waals surface area contributed by atoms with Crippen molar-refractivity contribution in [1.29, 1.82) is 0 Å². The van der Waals surface area contributed by atoms with E-state index in [4.69, 9.17) is 4.74 Å². The molecule has 0 aromatic heterocycles. The lowest BCUT2D eigenvalue weighted by Gasteiger charge is -2.39. The van der Waals surface area contributed by atoms with Crippen molar-refractivity contribution in [2.24, 2.45) is 0 Å². The Kier molecular flexibility index (Phi) is 3.35. The molecule has 3 unspecified atom stereocenters. The number of nitrogens with zero attached hydrogens (tertiary/aromatic N) is 1.